The van der Waals surface area contributed by atoms with Crippen molar-refractivity contribution < 1.29 is 13.9 Å². The monoisotopic (exact) mass is 356 g/mol. The van der Waals surface area contributed by atoms with Crippen molar-refractivity contribution in [3.05, 3.63) is 71.0 Å². The first-order chi connectivity index (χ1) is 12.2. The van der Waals surface area contributed by atoms with Crippen molar-refractivity contribution >= 4 is 27.5 Å². The fourth-order valence-electron chi connectivity index (χ4n) is 2.31. The molecule has 0 bridgehead atoms. The quantitative estimate of drug-likeness (QED) is 0.669. The Labute approximate surface area is 149 Å². The summed E-state index contributed by atoms with van der Waals surface area (Å²) in [4.78, 5) is 16.5. The van der Waals surface area contributed by atoms with Crippen molar-refractivity contribution in [3.63, 3.8) is 0 Å². The number of allylic oxidation sites excluding steroid dienone is 1. The molecule has 25 heavy (non-hydrogen) atoms. The molecule has 1 heterocycles. The minimum Gasteiger partial charge on any atom is -0.486 e. The molecule has 1 aromatic heterocycles. The number of nitrogens with zero attached hydrogens (tertiary/aromatic N) is 1. The molecule has 0 unspecified atom stereocenters. The number of amides is 1. The van der Waals surface area contributed by atoms with Crippen LogP contribution in [0.25, 0.3) is 10.2 Å². The van der Waals surface area contributed by atoms with E-state index in [9.17, 15) is 9.18 Å². The third-order valence-corrected chi connectivity index (χ3v) is 4.44. The van der Waals surface area contributed by atoms with Crippen LogP contribution in [-0.4, -0.2) is 17.5 Å². The molecule has 128 valence electrons. The number of thiazole rings is 1. The molecule has 0 saturated carbocycles. The molecule has 3 aromatic rings. The number of ether oxygens (including phenoxy) is 1. The number of hydrogen-bond donors (Lipinski definition) is 1. The van der Waals surface area contributed by atoms with Crippen molar-refractivity contribution in [1.82, 2.24) is 10.3 Å². The lowest BCUT2D eigenvalue weighted by atomic mass is 10.1. The first-order valence-electron chi connectivity index (χ1n) is 7.82. The highest BCUT2D eigenvalue weighted by atomic mass is 32.1. The Kier molecular flexibility index (Phi) is 5.40. The van der Waals surface area contributed by atoms with Crippen LogP contribution >= 0.6 is 11.3 Å². The molecule has 0 fully saturated rings. The first-order valence-corrected chi connectivity index (χ1v) is 8.70. The number of carbonyl (C=O) groups is 1. The molecule has 0 aliphatic rings. The Morgan fingerprint density at radius 3 is 3.08 bits per heavy atom. The Bertz CT molecular complexity index is 921. The molecule has 1 N–H and O–H groups in total. The van der Waals surface area contributed by atoms with Crippen LogP contribution < -0.4 is 10.1 Å². The van der Waals surface area contributed by atoms with Crippen molar-refractivity contribution in [2.75, 3.05) is 6.61 Å². The van der Waals surface area contributed by atoms with E-state index in [1.807, 2.05) is 13.0 Å². The topological polar surface area (TPSA) is 51.2 Å². The fraction of sp³-hybridized carbons (Fsp3) is 0.158. The normalized spacial score (nSPS) is 11.1. The highest BCUT2D eigenvalue weighted by molar-refractivity contribution is 7.16. The van der Waals surface area contributed by atoms with Crippen molar-refractivity contribution in [3.8, 4) is 5.75 Å². The highest BCUT2D eigenvalue weighted by Gasteiger charge is 2.12. The van der Waals surface area contributed by atoms with Gasteiger partial charge in [-0.1, -0.05) is 24.3 Å². The summed E-state index contributed by atoms with van der Waals surface area (Å²) in [5.41, 5.74) is 3.50. The Morgan fingerprint density at radius 1 is 1.36 bits per heavy atom. The van der Waals surface area contributed by atoms with Crippen LogP contribution in [0, 0.1) is 5.82 Å². The van der Waals surface area contributed by atoms with Gasteiger partial charge in [0.25, 0.3) is 5.91 Å². The average molecular weight is 356 g/mol. The molecule has 0 saturated heterocycles. The molecule has 0 radical (unpaired) electrons. The molecule has 0 aliphatic heterocycles. The smallest absolute Gasteiger partial charge is 0.251 e. The Hall–Kier alpha value is -2.73. The number of fused-ring (bicyclic) bond motifs is 1. The third kappa shape index (κ3) is 4.03. The van der Waals surface area contributed by atoms with E-state index in [0.717, 1.165) is 10.2 Å². The standard InChI is InChI=1S/C19H17FN2O2S/c1-2-3-9-24-16-6-4-5-14(18(16)20)11-21-19(23)13-7-8-15-17(10-13)25-12-22-15/h2-8,10,12H,9,11H2,1H3,(H,21,23). The summed E-state index contributed by atoms with van der Waals surface area (Å²) in [5, 5.41) is 2.74. The summed E-state index contributed by atoms with van der Waals surface area (Å²) in [5.74, 6) is -0.531. The van der Waals surface area contributed by atoms with Gasteiger partial charge in [0, 0.05) is 17.7 Å². The molecular formula is C19H17FN2O2S. The van der Waals surface area contributed by atoms with Gasteiger partial charge in [-0.25, -0.2) is 9.37 Å². The maximum Gasteiger partial charge on any atom is 0.251 e. The van der Waals surface area contributed by atoms with E-state index in [1.54, 1.807) is 48.0 Å². The van der Waals surface area contributed by atoms with Crippen LogP contribution in [0.5, 0.6) is 5.75 Å². The van der Waals surface area contributed by atoms with E-state index in [2.05, 4.69) is 10.3 Å². The number of benzene rings is 2. The minimum absolute atomic E-state index is 0.0895. The maximum absolute atomic E-state index is 14.4. The van der Waals surface area contributed by atoms with Gasteiger partial charge in [-0.3, -0.25) is 4.79 Å². The highest BCUT2D eigenvalue weighted by Crippen LogP contribution is 2.21. The van der Waals surface area contributed by atoms with Crippen LogP contribution in [0.1, 0.15) is 22.8 Å². The van der Waals surface area contributed by atoms with Gasteiger partial charge < -0.3 is 10.1 Å². The van der Waals surface area contributed by atoms with Gasteiger partial charge >= 0.3 is 0 Å². The number of nitrogens with one attached hydrogen (secondary N) is 1. The first kappa shape index (κ1) is 17.1. The summed E-state index contributed by atoms with van der Waals surface area (Å²) in [6.45, 7) is 2.26. The fourth-order valence-corrected chi connectivity index (χ4v) is 3.03. The average Bonchev–Trinajstić information content (AvgIpc) is 3.09. The van der Waals surface area contributed by atoms with E-state index in [0.29, 0.717) is 17.7 Å². The van der Waals surface area contributed by atoms with Gasteiger partial charge in [0.1, 0.15) is 6.61 Å². The van der Waals surface area contributed by atoms with E-state index >= 15 is 0 Å². The van der Waals surface area contributed by atoms with E-state index < -0.39 is 5.82 Å². The number of rotatable bonds is 6. The van der Waals surface area contributed by atoms with Crippen LogP contribution in [-0.2, 0) is 6.54 Å². The van der Waals surface area contributed by atoms with E-state index in [4.69, 9.17) is 4.74 Å². The zero-order valence-corrected chi connectivity index (χ0v) is 14.5. The van der Waals surface area contributed by atoms with Gasteiger partial charge in [0.2, 0.25) is 0 Å². The second kappa shape index (κ2) is 7.90. The Morgan fingerprint density at radius 2 is 2.24 bits per heavy atom. The number of aromatic nitrogens is 1. The predicted molar refractivity (Wildman–Crippen MR) is 97.5 cm³/mol. The molecule has 0 spiro atoms. The van der Waals surface area contributed by atoms with Gasteiger partial charge in [-0.2, -0.15) is 0 Å². The van der Waals surface area contributed by atoms with Gasteiger partial charge in [0.15, 0.2) is 11.6 Å². The zero-order valence-electron chi connectivity index (χ0n) is 13.7. The number of hydrogen-bond acceptors (Lipinski definition) is 4. The molecule has 3 rings (SSSR count). The summed E-state index contributed by atoms with van der Waals surface area (Å²) in [6.07, 6.45) is 3.63. The lowest BCUT2D eigenvalue weighted by Gasteiger charge is -2.10. The minimum atomic E-state index is -0.454. The lowest BCUT2D eigenvalue weighted by Crippen LogP contribution is -2.23. The molecule has 2 aromatic carbocycles. The number of halogens is 1. The summed E-state index contributed by atoms with van der Waals surface area (Å²) in [7, 11) is 0. The Balaban J connectivity index is 1.68. The molecule has 1 amide bonds. The van der Waals surface area contributed by atoms with Gasteiger partial charge in [0.05, 0.1) is 15.7 Å². The van der Waals surface area contributed by atoms with Gasteiger partial charge in [-0.15, -0.1) is 11.3 Å². The maximum atomic E-state index is 14.4. The van der Waals surface area contributed by atoms with Crippen LogP contribution in [0.4, 0.5) is 4.39 Å². The lowest BCUT2D eigenvalue weighted by molar-refractivity contribution is 0.0950. The summed E-state index contributed by atoms with van der Waals surface area (Å²) < 4.78 is 20.7. The van der Waals surface area contributed by atoms with E-state index in [-0.39, 0.29) is 18.2 Å². The van der Waals surface area contributed by atoms with Crippen LogP contribution in [0.3, 0.4) is 0 Å². The van der Waals surface area contributed by atoms with Gasteiger partial charge in [-0.05, 0) is 31.2 Å². The predicted octanol–water partition coefficient (Wildman–Crippen LogP) is 4.32. The summed E-state index contributed by atoms with van der Waals surface area (Å²) in [6, 6.07) is 10.2. The molecule has 0 aliphatic carbocycles. The zero-order chi connectivity index (χ0) is 17.6. The SMILES string of the molecule is CC=CCOc1cccc(CNC(=O)c2ccc3ncsc3c2)c1F. The molecule has 6 heteroatoms. The van der Waals surface area contributed by atoms with Crippen LogP contribution in [0.2, 0.25) is 0 Å². The summed E-state index contributed by atoms with van der Waals surface area (Å²) >= 11 is 1.47. The van der Waals surface area contributed by atoms with E-state index in [1.165, 1.54) is 11.3 Å². The largest absolute Gasteiger partial charge is 0.486 e. The van der Waals surface area contributed by atoms with Crippen molar-refractivity contribution in [2.45, 2.75) is 13.5 Å². The van der Waals surface area contributed by atoms with Crippen LogP contribution in [0.15, 0.2) is 54.1 Å². The van der Waals surface area contributed by atoms with Crippen molar-refractivity contribution in [1.29, 1.82) is 0 Å². The molecule has 4 nitrogen and oxygen atoms in total. The second-order valence-corrected chi connectivity index (χ2v) is 6.21. The molecule has 0 atom stereocenters. The third-order valence-electron chi connectivity index (χ3n) is 3.65. The second-order valence-electron chi connectivity index (χ2n) is 5.33. The van der Waals surface area contributed by atoms with Crippen molar-refractivity contribution in [2.24, 2.45) is 0 Å². The molecular weight excluding hydrogens is 339 g/mol. The number of carbonyl (C=O) groups excluding carboxylic acids is 1.